The Hall–Kier alpha value is -4.59. The molecule has 1 atom stereocenters. The monoisotopic (exact) mass is 552 g/mol. The number of carbonyl (C=O) groups is 3. The van der Waals surface area contributed by atoms with E-state index in [1.807, 2.05) is 42.6 Å². The number of anilines is 2. The molecular formula is C33H36N4O4. The predicted octanol–water partition coefficient (Wildman–Crippen LogP) is 5.90. The Morgan fingerprint density at radius 2 is 1.66 bits per heavy atom. The van der Waals surface area contributed by atoms with Crippen LogP contribution in [0.4, 0.5) is 11.4 Å². The van der Waals surface area contributed by atoms with Crippen molar-refractivity contribution in [2.24, 2.45) is 0 Å². The molecule has 1 saturated carbocycles. The van der Waals surface area contributed by atoms with E-state index in [1.54, 1.807) is 48.4 Å². The van der Waals surface area contributed by atoms with Gasteiger partial charge < -0.3 is 20.4 Å². The topological polar surface area (TPSA) is 104 Å². The third kappa shape index (κ3) is 6.60. The number of aromatic nitrogens is 1. The summed E-state index contributed by atoms with van der Waals surface area (Å²) in [5, 5.41) is 6.98. The number of para-hydroxylation sites is 1. The normalized spacial score (nSPS) is 14.3. The summed E-state index contributed by atoms with van der Waals surface area (Å²) in [6, 6.07) is 21.3. The summed E-state index contributed by atoms with van der Waals surface area (Å²) in [4.78, 5) is 44.8. The molecule has 1 aliphatic carbocycles. The van der Waals surface area contributed by atoms with Crippen molar-refractivity contribution in [3.05, 3.63) is 90.1 Å². The Labute approximate surface area is 240 Å². The van der Waals surface area contributed by atoms with Crippen LogP contribution in [0, 0.1) is 0 Å². The fourth-order valence-corrected chi connectivity index (χ4v) is 5.60. The van der Waals surface area contributed by atoms with E-state index in [4.69, 9.17) is 4.74 Å². The van der Waals surface area contributed by atoms with Gasteiger partial charge in [0.1, 0.15) is 11.8 Å². The van der Waals surface area contributed by atoms with Crippen LogP contribution in [0.3, 0.4) is 0 Å². The van der Waals surface area contributed by atoms with Crippen LogP contribution >= 0.6 is 0 Å². The van der Waals surface area contributed by atoms with Crippen LogP contribution in [-0.2, 0) is 20.8 Å². The van der Waals surface area contributed by atoms with Gasteiger partial charge in [0, 0.05) is 41.4 Å². The molecule has 1 fully saturated rings. The predicted molar refractivity (Wildman–Crippen MR) is 161 cm³/mol. The van der Waals surface area contributed by atoms with Gasteiger partial charge in [-0.1, -0.05) is 49.6 Å². The number of rotatable bonds is 9. The zero-order valence-corrected chi connectivity index (χ0v) is 23.5. The smallest absolute Gasteiger partial charge is 0.248 e. The molecule has 3 N–H and O–H groups in total. The van der Waals surface area contributed by atoms with Gasteiger partial charge in [0.25, 0.3) is 0 Å². The molecule has 0 radical (unpaired) electrons. The van der Waals surface area contributed by atoms with Crippen molar-refractivity contribution in [3.8, 4) is 5.75 Å². The first-order chi connectivity index (χ1) is 19.9. The molecule has 0 aliphatic heterocycles. The first-order valence-corrected chi connectivity index (χ1v) is 14.1. The lowest BCUT2D eigenvalue weighted by molar-refractivity contribution is -0.127. The van der Waals surface area contributed by atoms with Gasteiger partial charge in [0.15, 0.2) is 0 Å². The Morgan fingerprint density at radius 3 is 2.34 bits per heavy atom. The highest BCUT2D eigenvalue weighted by atomic mass is 16.5. The minimum Gasteiger partial charge on any atom is -0.497 e. The maximum Gasteiger partial charge on any atom is 0.248 e. The van der Waals surface area contributed by atoms with Crippen LogP contribution in [0.25, 0.3) is 10.9 Å². The fourth-order valence-electron chi connectivity index (χ4n) is 5.60. The number of hydrogen-bond acceptors (Lipinski definition) is 4. The number of benzene rings is 3. The lowest BCUT2D eigenvalue weighted by atomic mass is 9.94. The summed E-state index contributed by atoms with van der Waals surface area (Å²) in [6.45, 7) is 1.44. The zero-order valence-electron chi connectivity index (χ0n) is 23.5. The average molecular weight is 553 g/mol. The Morgan fingerprint density at radius 1 is 0.951 bits per heavy atom. The molecule has 8 nitrogen and oxygen atoms in total. The molecule has 1 heterocycles. The Kier molecular flexibility index (Phi) is 8.67. The highest BCUT2D eigenvalue weighted by Crippen LogP contribution is 2.32. The number of nitrogens with one attached hydrogen (secondary N) is 3. The number of aromatic amines is 1. The highest BCUT2D eigenvalue weighted by molar-refractivity contribution is 6.03. The molecule has 0 spiro atoms. The van der Waals surface area contributed by atoms with Crippen LogP contribution in [0.5, 0.6) is 5.75 Å². The summed E-state index contributed by atoms with van der Waals surface area (Å²) in [6.07, 6.45) is 7.12. The fraction of sp³-hybridized carbons (Fsp3) is 0.303. The zero-order chi connectivity index (χ0) is 28.8. The van der Waals surface area contributed by atoms with Crippen LogP contribution in [0.15, 0.2) is 79.0 Å². The number of carbonyl (C=O) groups excluding carboxylic acids is 3. The molecule has 0 unspecified atom stereocenters. The minimum atomic E-state index is -0.910. The molecule has 4 aromatic rings. The van der Waals surface area contributed by atoms with Gasteiger partial charge >= 0.3 is 0 Å². The second-order valence-electron chi connectivity index (χ2n) is 10.5. The number of amides is 3. The number of hydrogen-bond donors (Lipinski definition) is 3. The first-order valence-electron chi connectivity index (χ1n) is 14.1. The first kappa shape index (κ1) is 28.0. The molecule has 1 aromatic heterocycles. The van der Waals surface area contributed by atoms with Crippen molar-refractivity contribution in [3.63, 3.8) is 0 Å². The van der Waals surface area contributed by atoms with E-state index >= 15 is 0 Å². The molecule has 1 aliphatic rings. The Bertz CT molecular complexity index is 1500. The third-order valence-corrected chi connectivity index (χ3v) is 7.64. The molecule has 5 rings (SSSR count). The van der Waals surface area contributed by atoms with Gasteiger partial charge in [-0.25, -0.2) is 0 Å². The van der Waals surface area contributed by atoms with Gasteiger partial charge in [-0.15, -0.1) is 0 Å². The third-order valence-electron chi connectivity index (χ3n) is 7.64. The minimum absolute atomic E-state index is 0.0738. The van der Waals surface area contributed by atoms with Crippen LogP contribution < -0.4 is 20.3 Å². The lowest BCUT2D eigenvalue weighted by Gasteiger charge is -2.33. The van der Waals surface area contributed by atoms with Gasteiger partial charge in [0.2, 0.25) is 17.7 Å². The van der Waals surface area contributed by atoms with E-state index in [-0.39, 0.29) is 30.2 Å². The molecule has 0 bridgehead atoms. The van der Waals surface area contributed by atoms with Gasteiger partial charge in [-0.3, -0.25) is 19.3 Å². The molecule has 3 amide bonds. The molecular weight excluding hydrogens is 516 g/mol. The van der Waals surface area contributed by atoms with Crippen LogP contribution in [-0.4, -0.2) is 35.9 Å². The van der Waals surface area contributed by atoms with Crippen molar-refractivity contribution < 1.29 is 19.1 Å². The highest BCUT2D eigenvalue weighted by Gasteiger charge is 2.34. The number of fused-ring (bicyclic) bond motifs is 1. The molecule has 8 heteroatoms. The maximum absolute atomic E-state index is 14.3. The standard InChI is InChI=1S/C33H36N4O4/c1-22(38)35-26-14-16-27(17-15-26)37(31(39)20-24-21-34-30-11-7-6-10-29(24)30)32(23-12-18-28(41-2)19-13-23)33(40)36-25-8-4-3-5-9-25/h6-7,10-19,21,25,32,34H,3-5,8-9,20H2,1-2H3,(H,35,38)(H,36,40)/t32-/m1/s1. The van der Waals surface area contributed by atoms with Crippen molar-refractivity contribution in [1.82, 2.24) is 10.3 Å². The summed E-state index contributed by atoms with van der Waals surface area (Å²) in [7, 11) is 1.59. The van der Waals surface area contributed by atoms with Gasteiger partial charge in [-0.05, 0) is 66.4 Å². The molecule has 3 aromatic carbocycles. The van der Waals surface area contributed by atoms with Crippen LogP contribution in [0.1, 0.15) is 56.2 Å². The summed E-state index contributed by atoms with van der Waals surface area (Å²) in [5.41, 5.74) is 3.65. The van der Waals surface area contributed by atoms with E-state index in [1.165, 1.54) is 13.3 Å². The Balaban J connectivity index is 1.56. The van der Waals surface area contributed by atoms with E-state index in [2.05, 4.69) is 15.6 Å². The largest absolute Gasteiger partial charge is 0.497 e. The van der Waals surface area contributed by atoms with Gasteiger partial charge in [0.05, 0.1) is 13.5 Å². The maximum atomic E-state index is 14.3. The van der Waals surface area contributed by atoms with Crippen LogP contribution in [0.2, 0.25) is 0 Å². The number of H-pyrrole nitrogens is 1. The number of ether oxygens (including phenoxy) is 1. The SMILES string of the molecule is COc1ccc([C@H](C(=O)NC2CCCCC2)N(C(=O)Cc2c[nH]c3ccccc23)c2ccc(NC(C)=O)cc2)cc1. The van der Waals surface area contributed by atoms with E-state index in [0.29, 0.717) is 22.7 Å². The summed E-state index contributed by atoms with van der Waals surface area (Å²) >= 11 is 0. The van der Waals surface area contributed by atoms with E-state index in [9.17, 15) is 14.4 Å². The molecule has 212 valence electrons. The summed E-state index contributed by atoms with van der Waals surface area (Å²) < 4.78 is 5.36. The lowest BCUT2D eigenvalue weighted by Crippen LogP contribution is -2.47. The second-order valence-corrected chi connectivity index (χ2v) is 10.5. The number of nitrogens with zero attached hydrogens (tertiary/aromatic N) is 1. The van der Waals surface area contributed by atoms with Gasteiger partial charge in [-0.2, -0.15) is 0 Å². The van der Waals surface area contributed by atoms with E-state index in [0.717, 1.165) is 42.1 Å². The molecule has 41 heavy (non-hydrogen) atoms. The summed E-state index contributed by atoms with van der Waals surface area (Å²) in [5.74, 6) is 0.0337. The average Bonchev–Trinajstić information content (AvgIpc) is 3.39. The second kappa shape index (κ2) is 12.7. The van der Waals surface area contributed by atoms with E-state index < -0.39 is 6.04 Å². The van der Waals surface area contributed by atoms with Crippen molar-refractivity contribution >= 4 is 40.0 Å². The molecule has 0 saturated heterocycles. The van der Waals surface area contributed by atoms with Crippen molar-refractivity contribution in [1.29, 1.82) is 0 Å². The number of methoxy groups -OCH3 is 1. The van der Waals surface area contributed by atoms with Crippen molar-refractivity contribution in [2.75, 3.05) is 17.3 Å². The quantitative estimate of drug-likeness (QED) is 0.240. The van der Waals surface area contributed by atoms with Crippen molar-refractivity contribution in [2.45, 2.75) is 57.5 Å².